The van der Waals surface area contributed by atoms with E-state index in [0.29, 0.717) is 0 Å². The van der Waals surface area contributed by atoms with Crippen LogP contribution in [0.3, 0.4) is 0 Å². The largest absolute Gasteiger partial charge is 0.544 e. The number of fused-ring (bicyclic) bond motifs is 1. The molecule has 0 aliphatic carbocycles. The highest BCUT2D eigenvalue weighted by molar-refractivity contribution is 6.70. The summed E-state index contributed by atoms with van der Waals surface area (Å²) in [4.78, 5) is 9.26. The lowest BCUT2D eigenvalue weighted by Gasteiger charge is -2.22. The zero-order valence-corrected chi connectivity index (χ0v) is 16.5. The van der Waals surface area contributed by atoms with Gasteiger partial charge in [0.15, 0.2) is 0 Å². The second kappa shape index (κ2) is 6.84. The van der Waals surface area contributed by atoms with Gasteiger partial charge in [-0.3, -0.25) is 4.99 Å². The molecule has 0 saturated carbocycles. The fourth-order valence-corrected chi connectivity index (χ4v) is 3.65. The van der Waals surface area contributed by atoms with Crippen molar-refractivity contribution < 1.29 is 4.43 Å². The number of hydrogen-bond acceptors (Lipinski definition) is 3. The topological polar surface area (TPSA) is 39.4 Å². The van der Waals surface area contributed by atoms with Crippen LogP contribution in [-0.2, 0) is 7.05 Å². The Morgan fingerprint density at radius 2 is 1.88 bits per heavy atom. The molecule has 5 heteroatoms. The molecule has 130 valence electrons. The number of aliphatic imine (C=N–C) groups is 1. The Kier molecular flexibility index (Phi) is 4.77. The Balaban J connectivity index is 1.89. The Morgan fingerprint density at radius 3 is 2.64 bits per heavy atom. The molecule has 3 aromatic rings. The van der Waals surface area contributed by atoms with E-state index >= 15 is 0 Å². The summed E-state index contributed by atoms with van der Waals surface area (Å²) in [6.07, 6.45) is 3.76. The van der Waals surface area contributed by atoms with Gasteiger partial charge < -0.3 is 8.99 Å². The SMILES string of the molecule is CC(/N=C\c1cccc2c1ncn2C)c1ccccc1O[Si](C)(C)C. The minimum absolute atomic E-state index is 0.0199. The van der Waals surface area contributed by atoms with Crippen LogP contribution < -0.4 is 4.43 Å². The fraction of sp³-hybridized carbons (Fsp3) is 0.300. The fourth-order valence-electron chi connectivity index (χ4n) is 2.81. The molecule has 0 fully saturated rings. The van der Waals surface area contributed by atoms with Gasteiger partial charge in [0.2, 0.25) is 8.32 Å². The van der Waals surface area contributed by atoms with Gasteiger partial charge in [-0.25, -0.2) is 4.98 Å². The molecule has 0 aliphatic heterocycles. The van der Waals surface area contributed by atoms with Gasteiger partial charge in [0.1, 0.15) is 5.75 Å². The zero-order chi connectivity index (χ0) is 18.0. The summed E-state index contributed by atoms with van der Waals surface area (Å²) in [5.74, 6) is 0.947. The van der Waals surface area contributed by atoms with Crippen molar-refractivity contribution in [1.29, 1.82) is 0 Å². The van der Waals surface area contributed by atoms with Gasteiger partial charge in [-0.1, -0.05) is 30.3 Å². The van der Waals surface area contributed by atoms with Crippen molar-refractivity contribution in [3.05, 3.63) is 59.9 Å². The van der Waals surface area contributed by atoms with E-state index in [9.17, 15) is 0 Å². The van der Waals surface area contributed by atoms with Crippen molar-refractivity contribution in [3.8, 4) is 5.75 Å². The smallest absolute Gasteiger partial charge is 0.242 e. The predicted molar refractivity (Wildman–Crippen MR) is 107 cm³/mol. The molecule has 4 nitrogen and oxygen atoms in total. The molecule has 25 heavy (non-hydrogen) atoms. The van der Waals surface area contributed by atoms with Crippen LogP contribution in [0, 0.1) is 0 Å². The van der Waals surface area contributed by atoms with Crippen molar-refractivity contribution in [2.45, 2.75) is 32.6 Å². The maximum absolute atomic E-state index is 6.23. The van der Waals surface area contributed by atoms with Gasteiger partial charge in [-0.15, -0.1) is 0 Å². The number of hydrogen-bond donors (Lipinski definition) is 0. The average Bonchev–Trinajstić information content (AvgIpc) is 2.94. The third-order valence-corrected chi connectivity index (χ3v) is 4.84. The van der Waals surface area contributed by atoms with Crippen LogP contribution in [0.15, 0.2) is 53.8 Å². The highest BCUT2D eigenvalue weighted by atomic mass is 28.4. The number of nitrogens with zero attached hydrogens (tertiary/aromatic N) is 3. The highest BCUT2D eigenvalue weighted by Gasteiger charge is 2.19. The maximum atomic E-state index is 6.23. The van der Waals surface area contributed by atoms with Crippen LogP contribution in [0.1, 0.15) is 24.1 Å². The quantitative estimate of drug-likeness (QED) is 0.481. The van der Waals surface area contributed by atoms with Gasteiger partial charge in [-0.2, -0.15) is 0 Å². The molecule has 0 N–H and O–H groups in total. The summed E-state index contributed by atoms with van der Waals surface area (Å²) in [6.45, 7) is 8.68. The monoisotopic (exact) mass is 351 g/mol. The first kappa shape index (κ1) is 17.4. The van der Waals surface area contributed by atoms with Crippen LogP contribution in [0.5, 0.6) is 5.75 Å². The summed E-state index contributed by atoms with van der Waals surface area (Å²) < 4.78 is 8.25. The molecule has 0 aliphatic rings. The van der Waals surface area contributed by atoms with Crippen LogP contribution in [0.25, 0.3) is 11.0 Å². The molecular formula is C20H25N3OSi. The van der Waals surface area contributed by atoms with Crippen molar-refractivity contribution >= 4 is 25.6 Å². The Bertz CT molecular complexity index is 909. The van der Waals surface area contributed by atoms with E-state index in [1.807, 2.05) is 48.4 Å². The van der Waals surface area contributed by atoms with Crippen molar-refractivity contribution in [2.75, 3.05) is 0 Å². The minimum atomic E-state index is -1.66. The van der Waals surface area contributed by atoms with Crippen LogP contribution in [0.4, 0.5) is 0 Å². The highest BCUT2D eigenvalue weighted by Crippen LogP contribution is 2.29. The van der Waals surface area contributed by atoms with Crippen molar-refractivity contribution in [3.63, 3.8) is 0 Å². The van der Waals surface area contributed by atoms with Gasteiger partial charge in [0, 0.05) is 24.4 Å². The van der Waals surface area contributed by atoms with E-state index < -0.39 is 8.32 Å². The third-order valence-electron chi connectivity index (χ3n) is 4.01. The Labute approximate surface area is 150 Å². The van der Waals surface area contributed by atoms with Crippen LogP contribution in [0.2, 0.25) is 19.6 Å². The number of rotatable bonds is 5. The van der Waals surface area contributed by atoms with E-state index in [1.165, 1.54) is 0 Å². The van der Waals surface area contributed by atoms with Crippen LogP contribution in [-0.4, -0.2) is 24.1 Å². The molecular weight excluding hydrogens is 326 g/mol. The van der Waals surface area contributed by atoms with Gasteiger partial charge in [-0.05, 0) is 38.7 Å². The predicted octanol–water partition coefficient (Wildman–Crippen LogP) is 4.97. The van der Waals surface area contributed by atoms with E-state index in [0.717, 1.165) is 27.9 Å². The summed E-state index contributed by atoms with van der Waals surface area (Å²) in [7, 11) is 0.343. The first-order chi connectivity index (χ1) is 11.8. The summed E-state index contributed by atoms with van der Waals surface area (Å²) in [5.41, 5.74) is 4.24. The lowest BCUT2D eigenvalue weighted by atomic mass is 10.1. The molecule has 0 saturated heterocycles. The summed E-state index contributed by atoms with van der Waals surface area (Å²) in [6, 6.07) is 14.4. The molecule has 0 bridgehead atoms. The van der Waals surface area contributed by atoms with Crippen LogP contribution >= 0.6 is 0 Å². The zero-order valence-electron chi connectivity index (χ0n) is 15.5. The molecule has 1 aromatic heterocycles. The van der Waals surface area contributed by atoms with Gasteiger partial charge in [0.25, 0.3) is 0 Å². The standard InChI is InChI=1S/C20H25N3OSi/c1-15(17-10-6-7-12-19(17)24-25(3,4)5)21-13-16-9-8-11-18-20(16)22-14-23(18)2/h6-15H,1-5H3/b21-13-. The molecule has 0 radical (unpaired) electrons. The number of para-hydroxylation sites is 2. The summed E-state index contributed by atoms with van der Waals surface area (Å²) >= 11 is 0. The second-order valence-corrected chi connectivity index (χ2v) is 11.7. The third kappa shape index (κ3) is 3.99. The lowest BCUT2D eigenvalue weighted by molar-refractivity contribution is 0.543. The molecule has 3 rings (SSSR count). The molecule has 2 aromatic carbocycles. The van der Waals surface area contributed by atoms with Gasteiger partial charge >= 0.3 is 0 Å². The number of imidazole rings is 1. The minimum Gasteiger partial charge on any atom is -0.544 e. The van der Waals surface area contributed by atoms with Crippen molar-refractivity contribution in [2.24, 2.45) is 12.0 Å². The number of aryl methyl sites for hydroxylation is 1. The molecule has 1 heterocycles. The number of benzene rings is 2. The van der Waals surface area contributed by atoms with E-state index in [1.54, 1.807) is 0 Å². The average molecular weight is 352 g/mol. The Morgan fingerprint density at radius 1 is 1.12 bits per heavy atom. The normalized spacial score (nSPS) is 13.5. The van der Waals surface area contributed by atoms with E-state index in [2.05, 4.69) is 49.7 Å². The molecule has 1 atom stereocenters. The first-order valence-electron chi connectivity index (χ1n) is 8.56. The molecule has 1 unspecified atom stereocenters. The van der Waals surface area contributed by atoms with Gasteiger partial charge in [0.05, 0.1) is 23.4 Å². The molecule has 0 amide bonds. The number of aromatic nitrogens is 2. The lowest BCUT2D eigenvalue weighted by Crippen LogP contribution is -2.29. The van der Waals surface area contributed by atoms with Crippen molar-refractivity contribution in [1.82, 2.24) is 9.55 Å². The summed E-state index contributed by atoms with van der Waals surface area (Å²) in [5, 5.41) is 0. The Hall–Kier alpha value is -2.40. The maximum Gasteiger partial charge on any atom is 0.242 e. The van der Waals surface area contributed by atoms with E-state index in [4.69, 9.17) is 9.42 Å². The second-order valence-electron chi connectivity index (χ2n) is 7.28. The molecule has 0 spiro atoms. The first-order valence-corrected chi connectivity index (χ1v) is 12.0. The van der Waals surface area contributed by atoms with E-state index in [-0.39, 0.29) is 6.04 Å².